The second-order valence-corrected chi connectivity index (χ2v) is 6.49. The monoisotopic (exact) mass is 330 g/mol. The van der Waals surface area contributed by atoms with Crippen LogP contribution >= 0.6 is 0 Å². The molecule has 130 valence electrons. The number of nitrogens with one attached hydrogen (secondary N) is 1. The Morgan fingerprint density at radius 2 is 1.92 bits per heavy atom. The molecule has 7 nitrogen and oxygen atoms in total. The van der Waals surface area contributed by atoms with E-state index in [1.165, 1.54) is 0 Å². The van der Waals surface area contributed by atoms with Crippen LogP contribution in [-0.4, -0.2) is 64.0 Å². The fraction of sp³-hybridized carbons (Fsp3) is 0.588. The number of ether oxygens (including phenoxy) is 1. The molecule has 3 rings (SSSR count). The van der Waals surface area contributed by atoms with Crippen molar-refractivity contribution in [2.45, 2.75) is 26.4 Å². The molecule has 0 radical (unpaired) electrons. The Bertz CT molecular complexity index is 609. The zero-order chi connectivity index (χ0) is 16.8. The molecule has 0 spiro atoms. The molecule has 2 aromatic rings. The van der Waals surface area contributed by atoms with Gasteiger partial charge in [-0.3, -0.25) is 4.90 Å². The third-order valence-corrected chi connectivity index (χ3v) is 4.42. The molecule has 24 heavy (non-hydrogen) atoms. The molecule has 0 unspecified atom stereocenters. The maximum atomic E-state index is 5.43. The van der Waals surface area contributed by atoms with Crippen molar-refractivity contribution in [2.24, 2.45) is 5.92 Å². The first-order valence-electron chi connectivity index (χ1n) is 8.60. The van der Waals surface area contributed by atoms with E-state index in [0.717, 1.165) is 44.4 Å². The van der Waals surface area contributed by atoms with Gasteiger partial charge in [0.15, 0.2) is 5.82 Å². The van der Waals surface area contributed by atoms with Gasteiger partial charge < -0.3 is 10.1 Å². The number of hydrogen-bond acceptors (Lipinski definition) is 6. The zero-order valence-corrected chi connectivity index (χ0v) is 14.4. The third kappa shape index (κ3) is 4.37. The highest BCUT2D eigenvalue weighted by Crippen LogP contribution is 2.10. The topological polar surface area (TPSA) is 68.1 Å². The Labute approximate surface area is 143 Å². The Morgan fingerprint density at radius 1 is 1.17 bits per heavy atom. The lowest BCUT2D eigenvalue weighted by atomic mass is 10.0. The summed E-state index contributed by atoms with van der Waals surface area (Å²) in [5, 5.41) is 15.8. The average Bonchev–Trinajstić information content (AvgIpc) is 3.08. The predicted molar refractivity (Wildman–Crippen MR) is 91.9 cm³/mol. The van der Waals surface area contributed by atoms with E-state index in [1.54, 1.807) is 4.68 Å². The van der Waals surface area contributed by atoms with Gasteiger partial charge in [0.25, 0.3) is 0 Å². The highest BCUT2D eigenvalue weighted by atomic mass is 16.5. The molecule has 0 saturated carbocycles. The van der Waals surface area contributed by atoms with Gasteiger partial charge >= 0.3 is 0 Å². The number of hydrogen-bond donors (Lipinski definition) is 1. The second-order valence-electron chi connectivity index (χ2n) is 6.49. The van der Waals surface area contributed by atoms with Crippen molar-refractivity contribution in [3.05, 3.63) is 36.2 Å². The summed E-state index contributed by atoms with van der Waals surface area (Å²) >= 11 is 0. The molecule has 0 aliphatic carbocycles. The minimum absolute atomic E-state index is 0.393. The Kier molecular flexibility index (Phi) is 5.90. The first-order chi connectivity index (χ1) is 11.7. The number of morpholine rings is 1. The maximum absolute atomic E-state index is 5.43. The van der Waals surface area contributed by atoms with Gasteiger partial charge in [-0.25, -0.2) is 0 Å². The largest absolute Gasteiger partial charge is 0.379 e. The number of benzene rings is 1. The fourth-order valence-corrected chi connectivity index (χ4v) is 2.88. The van der Waals surface area contributed by atoms with Gasteiger partial charge in [-0.05, 0) is 28.5 Å². The van der Waals surface area contributed by atoms with Crippen LogP contribution in [-0.2, 0) is 11.3 Å². The minimum atomic E-state index is 0.393. The summed E-state index contributed by atoms with van der Waals surface area (Å²) in [6.07, 6.45) is 0. The highest BCUT2D eigenvalue weighted by molar-refractivity contribution is 5.30. The molecule has 1 fully saturated rings. The van der Waals surface area contributed by atoms with Gasteiger partial charge in [0.2, 0.25) is 0 Å². The Hall–Kier alpha value is -1.83. The van der Waals surface area contributed by atoms with E-state index in [-0.39, 0.29) is 0 Å². The molecule has 1 aromatic carbocycles. The lowest BCUT2D eigenvalue weighted by molar-refractivity contribution is 0.0308. The molecule has 2 heterocycles. The van der Waals surface area contributed by atoms with Crippen LogP contribution in [0.3, 0.4) is 0 Å². The van der Waals surface area contributed by atoms with Gasteiger partial charge in [-0.15, -0.1) is 5.10 Å². The predicted octanol–water partition coefficient (Wildman–Crippen LogP) is 1.11. The average molecular weight is 330 g/mol. The molecule has 1 N–H and O–H groups in total. The maximum Gasteiger partial charge on any atom is 0.170 e. The van der Waals surface area contributed by atoms with Crippen molar-refractivity contribution in [1.82, 2.24) is 30.4 Å². The van der Waals surface area contributed by atoms with Crippen LogP contribution < -0.4 is 5.32 Å². The van der Waals surface area contributed by atoms with E-state index < -0.39 is 0 Å². The molecule has 1 aromatic heterocycles. The van der Waals surface area contributed by atoms with Crippen LogP contribution in [0.25, 0.3) is 5.69 Å². The summed E-state index contributed by atoms with van der Waals surface area (Å²) in [5.74, 6) is 1.36. The highest BCUT2D eigenvalue weighted by Gasteiger charge is 2.20. The van der Waals surface area contributed by atoms with E-state index in [0.29, 0.717) is 18.5 Å². The van der Waals surface area contributed by atoms with Crippen LogP contribution in [0.2, 0.25) is 0 Å². The van der Waals surface area contributed by atoms with Gasteiger partial charge in [0, 0.05) is 25.7 Å². The summed E-state index contributed by atoms with van der Waals surface area (Å²) < 4.78 is 7.22. The summed E-state index contributed by atoms with van der Waals surface area (Å²) in [6.45, 7) is 9.84. The van der Waals surface area contributed by atoms with E-state index >= 15 is 0 Å². The van der Waals surface area contributed by atoms with Gasteiger partial charge in [0.05, 0.1) is 25.4 Å². The van der Waals surface area contributed by atoms with Crippen LogP contribution in [0.5, 0.6) is 0 Å². The number of tetrazole rings is 1. The lowest BCUT2D eigenvalue weighted by Gasteiger charge is -2.32. The molecule has 0 amide bonds. The minimum Gasteiger partial charge on any atom is -0.379 e. The molecule has 0 bridgehead atoms. The van der Waals surface area contributed by atoms with Gasteiger partial charge in [-0.2, -0.15) is 4.68 Å². The van der Waals surface area contributed by atoms with E-state index in [4.69, 9.17) is 4.74 Å². The van der Waals surface area contributed by atoms with Crippen LogP contribution in [0, 0.1) is 5.92 Å². The second kappa shape index (κ2) is 8.32. The summed E-state index contributed by atoms with van der Waals surface area (Å²) in [4.78, 5) is 2.46. The van der Waals surface area contributed by atoms with E-state index in [9.17, 15) is 0 Å². The number of para-hydroxylation sites is 1. The number of rotatable bonds is 7. The summed E-state index contributed by atoms with van der Waals surface area (Å²) in [6, 6.07) is 10.4. The molecule has 1 aliphatic rings. The van der Waals surface area contributed by atoms with Crippen molar-refractivity contribution in [3.8, 4) is 5.69 Å². The SMILES string of the molecule is CC(C)[C@H](CN1CCOCC1)NCc1nnnn1-c1ccccc1. The molecule has 1 saturated heterocycles. The van der Waals surface area contributed by atoms with Crippen molar-refractivity contribution in [1.29, 1.82) is 0 Å². The zero-order valence-electron chi connectivity index (χ0n) is 14.4. The molecular formula is C17H26N6O. The van der Waals surface area contributed by atoms with Crippen molar-refractivity contribution in [2.75, 3.05) is 32.8 Å². The van der Waals surface area contributed by atoms with Gasteiger partial charge in [-0.1, -0.05) is 32.0 Å². The molecule has 1 aliphatic heterocycles. The van der Waals surface area contributed by atoms with E-state index in [1.807, 2.05) is 30.3 Å². The Balaban J connectivity index is 1.62. The first-order valence-corrected chi connectivity index (χ1v) is 8.60. The van der Waals surface area contributed by atoms with Gasteiger partial charge in [0.1, 0.15) is 0 Å². The fourth-order valence-electron chi connectivity index (χ4n) is 2.88. The summed E-state index contributed by atoms with van der Waals surface area (Å²) in [5.41, 5.74) is 0.980. The van der Waals surface area contributed by atoms with Crippen molar-refractivity contribution in [3.63, 3.8) is 0 Å². The van der Waals surface area contributed by atoms with Crippen molar-refractivity contribution < 1.29 is 4.74 Å². The molecular weight excluding hydrogens is 304 g/mol. The summed E-state index contributed by atoms with van der Waals surface area (Å²) in [7, 11) is 0. The van der Waals surface area contributed by atoms with Crippen LogP contribution in [0.15, 0.2) is 30.3 Å². The third-order valence-electron chi connectivity index (χ3n) is 4.42. The Morgan fingerprint density at radius 3 is 2.62 bits per heavy atom. The molecule has 7 heteroatoms. The number of aromatic nitrogens is 4. The van der Waals surface area contributed by atoms with Crippen LogP contribution in [0.4, 0.5) is 0 Å². The molecule has 1 atom stereocenters. The normalized spacial score (nSPS) is 17.3. The standard InChI is InChI=1S/C17H26N6O/c1-14(2)16(13-22-8-10-24-11-9-22)18-12-17-19-20-21-23(17)15-6-4-3-5-7-15/h3-7,14,16,18H,8-13H2,1-2H3/t16-/m0/s1. The lowest BCUT2D eigenvalue weighted by Crippen LogP contribution is -2.47. The van der Waals surface area contributed by atoms with Crippen molar-refractivity contribution >= 4 is 0 Å². The van der Waals surface area contributed by atoms with Crippen LogP contribution in [0.1, 0.15) is 19.7 Å². The quantitative estimate of drug-likeness (QED) is 0.820. The first kappa shape index (κ1) is 17.0. The van der Waals surface area contributed by atoms with E-state index in [2.05, 4.69) is 39.6 Å². The number of nitrogens with zero attached hydrogens (tertiary/aromatic N) is 5. The smallest absolute Gasteiger partial charge is 0.170 e.